The minimum atomic E-state index is -0.203. The van der Waals surface area contributed by atoms with Crippen molar-refractivity contribution in [3.05, 3.63) is 35.1 Å². The molecule has 1 heterocycles. The van der Waals surface area contributed by atoms with Crippen LogP contribution in [0.4, 0.5) is 4.39 Å². The molecule has 1 aliphatic rings. The van der Waals surface area contributed by atoms with Crippen molar-refractivity contribution in [2.45, 2.75) is 26.3 Å². The topological polar surface area (TPSA) is 61.8 Å². The van der Waals surface area contributed by atoms with Crippen LogP contribution in [0, 0.1) is 18.7 Å². The molecule has 0 radical (unpaired) electrons. The minimum absolute atomic E-state index is 0.0904. The second kappa shape index (κ2) is 6.02. The van der Waals surface area contributed by atoms with Crippen molar-refractivity contribution in [1.29, 1.82) is 0 Å². The highest BCUT2D eigenvalue weighted by atomic mass is 19.1. The van der Waals surface area contributed by atoms with E-state index in [1.807, 2.05) is 6.92 Å². The number of hydrogen-bond donors (Lipinski definition) is 2. The van der Waals surface area contributed by atoms with Gasteiger partial charge in [-0.05, 0) is 49.6 Å². The Morgan fingerprint density at radius 1 is 1.58 bits per heavy atom. The quantitative estimate of drug-likeness (QED) is 0.381. The molecule has 1 fully saturated rings. The first-order valence-electron chi connectivity index (χ1n) is 6.55. The minimum Gasteiger partial charge on any atom is -0.409 e. The van der Waals surface area contributed by atoms with Gasteiger partial charge in [0.1, 0.15) is 11.7 Å². The number of rotatable bonds is 3. The molecule has 2 rings (SSSR count). The molecule has 0 spiro atoms. The summed E-state index contributed by atoms with van der Waals surface area (Å²) in [6.07, 6.45) is 1.95. The second-order valence-corrected chi connectivity index (χ2v) is 5.17. The highest BCUT2D eigenvalue weighted by Gasteiger charge is 2.23. The van der Waals surface area contributed by atoms with Crippen molar-refractivity contribution < 1.29 is 9.60 Å². The molecular weight excluding hydrogens is 245 g/mol. The SMILES string of the molecule is Cc1ccc(F)cc1CN1CCCC(/C(N)=N/O)C1. The Bertz CT molecular complexity index is 476. The molecule has 1 aliphatic heterocycles. The predicted octanol–water partition coefficient (Wildman–Crippen LogP) is 2.09. The summed E-state index contributed by atoms with van der Waals surface area (Å²) in [5.74, 6) is 0.180. The maximum absolute atomic E-state index is 13.3. The van der Waals surface area contributed by atoms with E-state index in [1.165, 1.54) is 6.07 Å². The third-order valence-electron chi connectivity index (χ3n) is 3.74. The molecular formula is C14H20FN3O. The average molecular weight is 265 g/mol. The first kappa shape index (κ1) is 13.8. The maximum Gasteiger partial charge on any atom is 0.143 e. The van der Waals surface area contributed by atoms with Crippen LogP contribution in [0.2, 0.25) is 0 Å². The van der Waals surface area contributed by atoms with Gasteiger partial charge in [0.05, 0.1) is 0 Å². The van der Waals surface area contributed by atoms with Crippen LogP contribution in [0.5, 0.6) is 0 Å². The van der Waals surface area contributed by atoms with E-state index < -0.39 is 0 Å². The maximum atomic E-state index is 13.3. The molecule has 1 saturated heterocycles. The average Bonchev–Trinajstić information content (AvgIpc) is 2.42. The summed E-state index contributed by atoms with van der Waals surface area (Å²) >= 11 is 0. The van der Waals surface area contributed by atoms with Gasteiger partial charge in [0.15, 0.2) is 0 Å². The summed E-state index contributed by atoms with van der Waals surface area (Å²) in [5, 5.41) is 11.8. The van der Waals surface area contributed by atoms with Crippen LogP contribution in [0.3, 0.4) is 0 Å². The number of amidine groups is 1. The van der Waals surface area contributed by atoms with E-state index in [9.17, 15) is 4.39 Å². The highest BCUT2D eigenvalue weighted by molar-refractivity contribution is 5.82. The van der Waals surface area contributed by atoms with Gasteiger partial charge >= 0.3 is 0 Å². The normalized spacial score (nSPS) is 21.6. The first-order chi connectivity index (χ1) is 9.10. The van der Waals surface area contributed by atoms with Crippen LogP contribution in [0.15, 0.2) is 23.4 Å². The zero-order valence-electron chi connectivity index (χ0n) is 11.1. The fraction of sp³-hybridized carbons (Fsp3) is 0.500. The second-order valence-electron chi connectivity index (χ2n) is 5.17. The number of oxime groups is 1. The summed E-state index contributed by atoms with van der Waals surface area (Å²) in [7, 11) is 0. The van der Waals surface area contributed by atoms with Crippen molar-refractivity contribution in [1.82, 2.24) is 4.90 Å². The predicted molar refractivity (Wildman–Crippen MR) is 72.5 cm³/mol. The van der Waals surface area contributed by atoms with E-state index >= 15 is 0 Å². The fourth-order valence-electron chi connectivity index (χ4n) is 2.57. The Kier molecular flexibility index (Phi) is 4.37. The molecule has 3 N–H and O–H groups in total. The van der Waals surface area contributed by atoms with E-state index in [0.29, 0.717) is 12.4 Å². The third-order valence-corrected chi connectivity index (χ3v) is 3.74. The third kappa shape index (κ3) is 3.44. The lowest BCUT2D eigenvalue weighted by Crippen LogP contribution is -2.40. The van der Waals surface area contributed by atoms with Crippen molar-refractivity contribution in [2.75, 3.05) is 13.1 Å². The summed E-state index contributed by atoms with van der Waals surface area (Å²) in [5.41, 5.74) is 7.76. The number of aryl methyl sites for hydroxylation is 1. The number of nitrogens with two attached hydrogens (primary N) is 1. The van der Waals surface area contributed by atoms with Crippen molar-refractivity contribution in [3.8, 4) is 0 Å². The summed E-state index contributed by atoms with van der Waals surface area (Å²) in [6.45, 7) is 4.41. The van der Waals surface area contributed by atoms with Crippen molar-refractivity contribution in [3.63, 3.8) is 0 Å². The van der Waals surface area contributed by atoms with Gasteiger partial charge < -0.3 is 10.9 Å². The summed E-state index contributed by atoms with van der Waals surface area (Å²) in [4.78, 5) is 2.23. The number of benzene rings is 1. The van der Waals surface area contributed by atoms with Crippen LogP contribution in [0.25, 0.3) is 0 Å². The van der Waals surface area contributed by atoms with E-state index in [-0.39, 0.29) is 11.7 Å². The number of hydrogen-bond acceptors (Lipinski definition) is 3. The smallest absolute Gasteiger partial charge is 0.143 e. The molecule has 0 saturated carbocycles. The molecule has 1 aromatic carbocycles. The van der Waals surface area contributed by atoms with Gasteiger partial charge in [-0.1, -0.05) is 11.2 Å². The van der Waals surface area contributed by atoms with Crippen LogP contribution < -0.4 is 5.73 Å². The number of halogens is 1. The zero-order chi connectivity index (χ0) is 13.8. The van der Waals surface area contributed by atoms with Gasteiger partial charge in [-0.3, -0.25) is 4.90 Å². The molecule has 0 bridgehead atoms. The molecule has 1 atom stereocenters. The largest absolute Gasteiger partial charge is 0.409 e. The Morgan fingerprint density at radius 2 is 2.37 bits per heavy atom. The lowest BCUT2D eigenvalue weighted by Gasteiger charge is -2.32. The Morgan fingerprint density at radius 3 is 3.11 bits per heavy atom. The van der Waals surface area contributed by atoms with Crippen LogP contribution in [-0.4, -0.2) is 29.0 Å². The molecule has 5 heteroatoms. The standard InChI is InChI=1S/C14H20FN3O/c1-10-4-5-13(15)7-12(10)9-18-6-2-3-11(8-18)14(16)17-19/h4-5,7,11,19H,2-3,6,8-9H2,1H3,(H2,16,17). The van der Waals surface area contributed by atoms with E-state index in [2.05, 4.69) is 10.1 Å². The van der Waals surface area contributed by atoms with Crippen LogP contribution in [0.1, 0.15) is 24.0 Å². The Hall–Kier alpha value is -1.62. The van der Waals surface area contributed by atoms with E-state index in [4.69, 9.17) is 10.9 Å². The zero-order valence-corrected chi connectivity index (χ0v) is 11.1. The van der Waals surface area contributed by atoms with Crippen LogP contribution >= 0.6 is 0 Å². The fourth-order valence-corrected chi connectivity index (χ4v) is 2.57. The highest BCUT2D eigenvalue weighted by Crippen LogP contribution is 2.20. The van der Waals surface area contributed by atoms with Gasteiger partial charge in [0.2, 0.25) is 0 Å². The molecule has 1 aromatic rings. The van der Waals surface area contributed by atoms with Gasteiger partial charge in [-0.15, -0.1) is 0 Å². The molecule has 1 unspecified atom stereocenters. The van der Waals surface area contributed by atoms with E-state index in [1.54, 1.807) is 12.1 Å². The number of likely N-dealkylation sites (tertiary alicyclic amines) is 1. The Balaban J connectivity index is 2.04. The monoisotopic (exact) mass is 265 g/mol. The van der Waals surface area contributed by atoms with E-state index in [0.717, 1.165) is 37.1 Å². The lowest BCUT2D eigenvalue weighted by molar-refractivity contribution is 0.192. The van der Waals surface area contributed by atoms with Gasteiger partial charge in [-0.25, -0.2) is 4.39 Å². The number of nitrogens with zero attached hydrogens (tertiary/aromatic N) is 2. The lowest BCUT2D eigenvalue weighted by atomic mass is 9.96. The van der Waals surface area contributed by atoms with Gasteiger partial charge in [0, 0.05) is 19.0 Å². The first-order valence-corrected chi connectivity index (χ1v) is 6.55. The summed E-state index contributed by atoms with van der Waals surface area (Å²) < 4.78 is 13.3. The molecule has 19 heavy (non-hydrogen) atoms. The molecule has 0 amide bonds. The Labute approximate surface area is 112 Å². The van der Waals surface area contributed by atoms with Gasteiger partial charge in [-0.2, -0.15) is 0 Å². The van der Waals surface area contributed by atoms with Crippen molar-refractivity contribution in [2.24, 2.45) is 16.8 Å². The molecule has 4 nitrogen and oxygen atoms in total. The van der Waals surface area contributed by atoms with Crippen molar-refractivity contribution >= 4 is 5.84 Å². The molecule has 104 valence electrons. The molecule has 0 aliphatic carbocycles. The van der Waals surface area contributed by atoms with Crippen LogP contribution in [-0.2, 0) is 6.54 Å². The molecule has 0 aromatic heterocycles. The number of piperidine rings is 1. The van der Waals surface area contributed by atoms with Gasteiger partial charge in [0.25, 0.3) is 0 Å². The summed E-state index contributed by atoms with van der Waals surface area (Å²) in [6, 6.07) is 4.87.